The van der Waals surface area contributed by atoms with Gasteiger partial charge in [0.2, 0.25) is 0 Å². The third kappa shape index (κ3) is 3.20. The zero-order chi connectivity index (χ0) is 25.8. The summed E-state index contributed by atoms with van der Waals surface area (Å²) in [6.45, 7) is 0. The van der Waals surface area contributed by atoms with Gasteiger partial charge < -0.3 is 0 Å². The molecule has 0 N–H and O–H groups in total. The molecule has 0 saturated carbocycles. The monoisotopic (exact) mass is 493 g/mol. The Morgan fingerprint density at radius 1 is 0.579 bits per heavy atom. The Bertz CT molecular complexity index is 2000. The zero-order valence-corrected chi connectivity index (χ0v) is 21.0. The van der Waals surface area contributed by atoms with Crippen LogP contribution in [0, 0.1) is 0 Å². The average Bonchev–Trinajstić information content (AvgIpc) is 3.20. The van der Waals surface area contributed by atoms with Gasteiger partial charge in [0.1, 0.15) is 0 Å². The van der Waals surface area contributed by atoms with Crippen LogP contribution in [0.3, 0.4) is 0 Å². The van der Waals surface area contributed by atoms with Gasteiger partial charge in [-0.3, -0.25) is 14.1 Å². The molecule has 38 heavy (non-hydrogen) atoms. The van der Waals surface area contributed by atoms with E-state index >= 15 is 0 Å². The van der Waals surface area contributed by atoms with E-state index in [4.69, 9.17) is 15.0 Å². The average molecular weight is 494 g/mol. The van der Waals surface area contributed by atoms with Crippen molar-refractivity contribution in [2.45, 2.75) is 0 Å². The van der Waals surface area contributed by atoms with Crippen molar-refractivity contribution in [2.24, 2.45) is 14.1 Å². The van der Waals surface area contributed by atoms with Crippen LogP contribution in [0.1, 0.15) is 0 Å². The number of aromatic nitrogens is 5. The van der Waals surface area contributed by atoms with E-state index in [-0.39, 0.29) is 5.69 Å². The molecule has 6 heteroatoms. The number of aryl methyl sites for hydroxylation is 2. The summed E-state index contributed by atoms with van der Waals surface area (Å²) in [5.41, 5.74) is 6.39. The van der Waals surface area contributed by atoms with Crippen LogP contribution in [-0.4, -0.2) is 24.1 Å². The highest BCUT2D eigenvalue weighted by molar-refractivity contribution is 6.22. The molecular formula is C32H23N5O. The number of nitrogens with zero attached hydrogens (tertiary/aromatic N) is 5. The summed E-state index contributed by atoms with van der Waals surface area (Å²) in [7, 11) is 3.60. The zero-order valence-electron chi connectivity index (χ0n) is 21.0. The van der Waals surface area contributed by atoms with Crippen LogP contribution in [0.15, 0.2) is 108 Å². The van der Waals surface area contributed by atoms with Crippen molar-refractivity contribution >= 4 is 32.6 Å². The fraction of sp³-hybridized carbons (Fsp3) is 0.0625. The molecule has 0 fully saturated rings. The van der Waals surface area contributed by atoms with Gasteiger partial charge in [0.05, 0.1) is 16.7 Å². The highest BCUT2D eigenvalue weighted by Crippen LogP contribution is 2.43. The van der Waals surface area contributed by atoms with Crippen LogP contribution < -0.4 is 5.69 Å². The summed E-state index contributed by atoms with van der Waals surface area (Å²) in [6, 6.07) is 28.6. The Morgan fingerprint density at radius 3 is 1.74 bits per heavy atom. The Morgan fingerprint density at radius 2 is 1.13 bits per heavy atom. The van der Waals surface area contributed by atoms with Crippen molar-refractivity contribution in [1.82, 2.24) is 24.1 Å². The summed E-state index contributed by atoms with van der Waals surface area (Å²) in [4.78, 5) is 27.3. The Balaban J connectivity index is 1.56. The second-order valence-corrected chi connectivity index (χ2v) is 9.43. The van der Waals surface area contributed by atoms with Crippen LogP contribution in [-0.2, 0) is 14.1 Å². The van der Waals surface area contributed by atoms with E-state index in [1.807, 2.05) is 60.9 Å². The molecule has 0 aliphatic carbocycles. The molecule has 7 aromatic rings. The first-order chi connectivity index (χ1) is 18.6. The minimum atomic E-state index is -0.0774. The largest absolute Gasteiger partial charge is 0.328 e. The third-order valence-corrected chi connectivity index (χ3v) is 7.32. The van der Waals surface area contributed by atoms with Gasteiger partial charge in [0.25, 0.3) is 0 Å². The van der Waals surface area contributed by atoms with E-state index in [0.717, 1.165) is 60.5 Å². The SMILES string of the molecule is Cn1c(=O)n(C)c2c(-c3c4ccccc4c(-c4ncc(-c5ccccc5)cn4)c4ccccc34)nccc21. The second-order valence-electron chi connectivity index (χ2n) is 9.43. The van der Waals surface area contributed by atoms with E-state index in [1.165, 1.54) is 0 Å². The maximum absolute atomic E-state index is 12.8. The topological polar surface area (TPSA) is 65.6 Å². The van der Waals surface area contributed by atoms with Crippen LogP contribution in [0.5, 0.6) is 0 Å². The van der Waals surface area contributed by atoms with Crippen LogP contribution in [0.2, 0.25) is 0 Å². The van der Waals surface area contributed by atoms with Crippen molar-refractivity contribution in [3.8, 4) is 33.8 Å². The molecule has 0 saturated heterocycles. The molecule has 0 aliphatic heterocycles. The normalized spacial score (nSPS) is 11.5. The maximum atomic E-state index is 12.8. The summed E-state index contributed by atoms with van der Waals surface area (Å²) in [6.07, 6.45) is 5.55. The first kappa shape index (κ1) is 22.1. The first-order valence-corrected chi connectivity index (χ1v) is 12.5. The number of hydrogen-bond donors (Lipinski definition) is 0. The number of fused-ring (bicyclic) bond motifs is 3. The lowest BCUT2D eigenvalue weighted by Gasteiger charge is -2.17. The van der Waals surface area contributed by atoms with Gasteiger partial charge in [-0.2, -0.15) is 0 Å². The molecule has 0 bridgehead atoms. The molecule has 6 nitrogen and oxygen atoms in total. The number of benzene rings is 4. The molecule has 0 atom stereocenters. The first-order valence-electron chi connectivity index (χ1n) is 12.5. The van der Waals surface area contributed by atoms with Crippen molar-refractivity contribution in [3.05, 3.63) is 114 Å². The standard InChI is InChI=1S/C32H23N5O/c1-36-26-16-17-33-29(30(26)37(2)32(36)38)27-22-12-6-8-14-24(22)28(25-15-9-7-13-23(25)27)31-34-18-21(19-35-31)20-10-4-3-5-11-20/h3-19H,1-2H3. The predicted octanol–water partition coefficient (Wildman–Crippen LogP) is 6.37. The minimum Gasteiger partial charge on any atom is -0.295 e. The predicted molar refractivity (Wildman–Crippen MR) is 153 cm³/mol. The lowest BCUT2D eigenvalue weighted by molar-refractivity contribution is 0.795. The second kappa shape index (κ2) is 8.49. The highest BCUT2D eigenvalue weighted by Gasteiger charge is 2.22. The molecule has 4 aromatic carbocycles. The smallest absolute Gasteiger partial charge is 0.295 e. The number of imidazole rings is 1. The van der Waals surface area contributed by atoms with E-state index in [0.29, 0.717) is 5.82 Å². The summed E-state index contributed by atoms with van der Waals surface area (Å²) >= 11 is 0. The van der Waals surface area contributed by atoms with Crippen molar-refractivity contribution in [1.29, 1.82) is 0 Å². The Labute approximate surface area is 218 Å². The van der Waals surface area contributed by atoms with E-state index in [2.05, 4.69) is 36.4 Å². The molecule has 0 amide bonds. The fourth-order valence-electron chi connectivity index (χ4n) is 5.51. The molecule has 0 aliphatic rings. The van der Waals surface area contributed by atoms with Crippen molar-refractivity contribution in [2.75, 3.05) is 0 Å². The van der Waals surface area contributed by atoms with Gasteiger partial charge in [0, 0.05) is 49.4 Å². The molecule has 0 spiro atoms. The van der Waals surface area contributed by atoms with Crippen molar-refractivity contribution < 1.29 is 0 Å². The summed E-state index contributed by atoms with van der Waals surface area (Å²) < 4.78 is 3.35. The van der Waals surface area contributed by atoms with Crippen LogP contribution in [0.4, 0.5) is 0 Å². The molecule has 182 valence electrons. The minimum absolute atomic E-state index is 0.0774. The van der Waals surface area contributed by atoms with Gasteiger partial charge in [-0.05, 0) is 33.2 Å². The number of pyridine rings is 1. The lowest BCUT2D eigenvalue weighted by Crippen LogP contribution is -2.19. The van der Waals surface area contributed by atoms with Crippen molar-refractivity contribution in [3.63, 3.8) is 0 Å². The quantitative estimate of drug-likeness (QED) is 0.268. The van der Waals surface area contributed by atoms with Crippen LogP contribution in [0.25, 0.3) is 66.4 Å². The summed E-state index contributed by atoms with van der Waals surface area (Å²) in [5, 5.41) is 4.14. The highest BCUT2D eigenvalue weighted by atomic mass is 16.1. The Kier molecular flexibility index (Phi) is 4.94. The third-order valence-electron chi connectivity index (χ3n) is 7.32. The van der Waals surface area contributed by atoms with Gasteiger partial charge in [-0.1, -0.05) is 78.9 Å². The maximum Gasteiger partial charge on any atom is 0.328 e. The molecule has 7 rings (SSSR count). The molecule has 3 heterocycles. The van der Waals surface area contributed by atoms with Gasteiger partial charge in [-0.25, -0.2) is 14.8 Å². The van der Waals surface area contributed by atoms with Gasteiger partial charge in [-0.15, -0.1) is 0 Å². The molecule has 3 aromatic heterocycles. The number of rotatable bonds is 3. The lowest BCUT2D eigenvalue weighted by atomic mass is 9.89. The summed E-state index contributed by atoms with van der Waals surface area (Å²) in [5.74, 6) is 0.668. The van der Waals surface area contributed by atoms with E-state index in [1.54, 1.807) is 29.4 Å². The van der Waals surface area contributed by atoms with Crippen LogP contribution >= 0.6 is 0 Å². The molecule has 0 radical (unpaired) electrons. The van der Waals surface area contributed by atoms with Gasteiger partial charge >= 0.3 is 5.69 Å². The van der Waals surface area contributed by atoms with E-state index < -0.39 is 0 Å². The molecular weight excluding hydrogens is 470 g/mol. The fourth-order valence-corrected chi connectivity index (χ4v) is 5.51. The molecule has 0 unspecified atom stereocenters. The Hall–Kier alpha value is -5.10. The number of hydrogen-bond acceptors (Lipinski definition) is 4. The van der Waals surface area contributed by atoms with Gasteiger partial charge in [0.15, 0.2) is 5.82 Å². The van der Waals surface area contributed by atoms with E-state index in [9.17, 15) is 4.79 Å².